The van der Waals surface area contributed by atoms with Crippen molar-refractivity contribution in [1.29, 1.82) is 0 Å². The van der Waals surface area contributed by atoms with Gasteiger partial charge in [-0.15, -0.1) is 16.8 Å². The third-order valence-electron chi connectivity index (χ3n) is 4.16. The maximum Gasteiger partial charge on any atom is 0.234 e. The third kappa shape index (κ3) is 6.42. The van der Waals surface area contributed by atoms with Gasteiger partial charge >= 0.3 is 0 Å². The van der Waals surface area contributed by atoms with Gasteiger partial charge in [0.25, 0.3) is 0 Å². The van der Waals surface area contributed by atoms with Crippen LogP contribution >= 0.6 is 62.5 Å². The summed E-state index contributed by atoms with van der Waals surface area (Å²) in [5, 5.41) is 13.2. The maximum absolute atomic E-state index is 12.4. The lowest BCUT2D eigenvalue weighted by Gasteiger charge is -2.16. The zero-order valence-electron chi connectivity index (χ0n) is 16.8. The first-order valence-electron chi connectivity index (χ1n) is 9.32. The van der Waals surface area contributed by atoms with Crippen LogP contribution in [0.15, 0.2) is 58.7 Å². The number of ether oxygens (including phenoxy) is 1. The summed E-state index contributed by atoms with van der Waals surface area (Å²) >= 11 is 23.0. The molecule has 168 valence electrons. The van der Waals surface area contributed by atoms with Gasteiger partial charge in [0.2, 0.25) is 5.91 Å². The highest BCUT2D eigenvalue weighted by Crippen LogP contribution is 2.32. The van der Waals surface area contributed by atoms with Crippen molar-refractivity contribution in [3.8, 4) is 5.75 Å². The molecule has 32 heavy (non-hydrogen) atoms. The van der Waals surface area contributed by atoms with Gasteiger partial charge < -0.3 is 10.1 Å². The van der Waals surface area contributed by atoms with Gasteiger partial charge in [0.15, 0.2) is 17.1 Å². The molecule has 3 rings (SSSR count). The molecule has 1 unspecified atom stereocenters. The molecular weight excluding hydrogens is 559 g/mol. The Balaban J connectivity index is 1.70. The van der Waals surface area contributed by atoms with Crippen LogP contribution in [0.2, 0.25) is 15.1 Å². The number of anilines is 1. The quantitative estimate of drug-likeness (QED) is 0.218. The lowest BCUT2D eigenvalue weighted by Crippen LogP contribution is -2.16. The topological polar surface area (TPSA) is 69.0 Å². The van der Waals surface area contributed by atoms with Crippen molar-refractivity contribution in [1.82, 2.24) is 14.8 Å². The zero-order chi connectivity index (χ0) is 23.3. The minimum atomic E-state index is -0.469. The summed E-state index contributed by atoms with van der Waals surface area (Å²) in [5.74, 6) is 0.917. The number of carbonyl (C=O) groups excluding carboxylic acids is 1. The monoisotopic (exact) mass is 574 g/mol. The third-order valence-corrected chi connectivity index (χ3v) is 6.48. The number of allylic oxidation sites excluding steroid dienone is 1. The number of rotatable bonds is 9. The summed E-state index contributed by atoms with van der Waals surface area (Å²) < 4.78 is 8.62. The van der Waals surface area contributed by atoms with E-state index in [9.17, 15) is 4.79 Å². The largest absolute Gasteiger partial charge is 0.481 e. The van der Waals surface area contributed by atoms with Crippen molar-refractivity contribution in [2.45, 2.75) is 24.7 Å². The van der Waals surface area contributed by atoms with E-state index in [0.717, 1.165) is 4.47 Å². The number of nitrogens with zero attached hydrogens (tertiary/aromatic N) is 3. The fourth-order valence-corrected chi connectivity index (χ4v) is 4.53. The Hall–Kier alpha value is -1.71. The number of aromatic nitrogens is 3. The number of carbonyl (C=O) groups is 1. The molecule has 0 aliphatic carbocycles. The van der Waals surface area contributed by atoms with Gasteiger partial charge in [-0.2, -0.15) is 0 Å². The normalized spacial score (nSPS) is 11.8. The molecule has 1 N–H and O–H groups in total. The molecule has 0 saturated heterocycles. The number of nitrogens with one attached hydrogen (secondary N) is 1. The molecule has 0 aliphatic heterocycles. The van der Waals surface area contributed by atoms with Crippen LogP contribution in [0.5, 0.6) is 5.75 Å². The van der Waals surface area contributed by atoms with E-state index in [4.69, 9.17) is 39.5 Å². The Bertz CT molecular complexity index is 1140. The van der Waals surface area contributed by atoms with Crippen molar-refractivity contribution in [3.05, 3.63) is 74.4 Å². The van der Waals surface area contributed by atoms with Gasteiger partial charge in [-0.3, -0.25) is 9.36 Å². The Morgan fingerprint density at radius 2 is 2.03 bits per heavy atom. The molecular formula is C21H18BrCl3N4O2S. The van der Waals surface area contributed by atoms with Gasteiger partial charge in [-0.25, -0.2) is 0 Å². The fourth-order valence-electron chi connectivity index (χ4n) is 2.73. The molecule has 0 aliphatic rings. The molecule has 1 atom stereocenters. The summed E-state index contributed by atoms with van der Waals surface area (Å²) in [6.07, 6.45) is 1.25. The second kappa shape index (κ2) is 11.4. The zero-order valence-corrected chi connectivity index (χ0v) is 21.5. The predicted octanol–water partition coefficient (Wildman–Crippen LogP) is 7.06. The maximum atomic E-state index is 12.4. The number of halogens is 4. The average Bonchev–Trinajstić information content (AvgIpc) is 3.14. The lowest BCUT2D eigenvalue weighted by molar-refractivity contribution is -0.113. The number of hydrogen-bond acceptors (Lipinski definition) is 5. The molecule has 1 heterocycles. The van der Waals surface area contributed by atoms with E-state index in [-0.39, 0.29) is 11.7 Å². The Labute approximate surface area is 213 Å². The van der Waals surface area contributed by atoms with Crippen LogP contribution in [0.3, 0.4) is 0 Å². The Morgan fingerprint density at radius 1 is 1.25 bits per heavy atom. The van der Waals surface area contributed by atoms with E-state index < -0.39 is 6.10 Å². The Kier molecular flexibility index (Phi) is 8.90. The first-order chi connectivity index (χ1) is 15.3. The first-order valence-corrected chi connectivity index (χ1v) is 12.2. The van der Waals surface area contributed by atoms with E-state index in [2.05, 4.69) is 38.0 Å². The molecule has 1 amide bonds. The van der Waals surface area contributed by atoms with E-state index >= 15 is 0 Å². The van der Waals surface area contributed by atoms with Gasteiger partial charge in [-0.1, -0.05) is 68.6 Å². The molecule has 1 aromatic heterocycles. The molecule has 0 saturated carbocycles. The van der Waals surface area contributed by atoms with Crippen LogP contribution in [-0.2, 0) is 11.3 Å². The van der Waals surface area contributed by atoms with Crippen LogP contribution < -0.4 is 10.1 Å². The van der Waals surface area contributed by atoms with Gasteiger partial charge in [0.1, 0.15) is 5.75 Å². The van der Waals surface area contributed by atoms with Crippen LogP contribution in [0.25, 0.3) is 0 Å². The number of hydrogen-bond donors (Lipinski definition) is 1. The number of thioether (sulfide) groups is 1. The van der Waals surface area contributed by atoms with E-state index in [1.165, 1.54) is 11.8 Å². The summed E-state index contributed by atoms with van der Waals surface area (Å²) in [6.45, 7) is 6.07. The molecule has 6 nitrogen and oxygen atoms in total. The summed E-state index contributed by atoms with van der Waals surface area (Å²) in [6, 6.07) is 10.2. The smallest absolute Gasteiger partial charge is 0.234 e. The van der Waals surface area contributed by atoms with Gasteiger partial charge in [0.05, 0.1) is 21.5 Å². The second-order valence-corrected chi connectivity index (χ2v) is 9.64. The average molecular weight is 577 g/mol. The SMILES string of the molecule is C=CCn1c(SCC(=O)Nc2ccc(Br)cc2Cl)nnc1C(C)Oc1cc(Cl)ccc1Cl. The fraction of sp³-hybridized carbons (Fsp3) is 0.190. The summed E-state index contributed by atoms with van der Waals surface area (Å²) in [7, 11) is 0. The Morgan fingerprint density at radius 3 is 2.75 bits per heavy atom. The molecule has 0 spiro atoms. The highest BCUT2D eigenvalue weighted by atomic mass is 79.9. The first kappa shape index (κ1) is 24.9. The highest BCUT2D eigenvalue weighted by molar-refractivity contribution is 9.10. The predicted molar refractivity (Wildman–Crippen MR) is 134 cm³/mol. The van der Waals surface area contributed by atoms with E-state index in [0.29, 0.717) is 44.0 Å². The van der Waals surface area contributed by atoms with Crippen molar-refractivity contribution in [2.24, 2.45) is 0 Å². The number of amides is 1. The van der Waals surface area contributed by atoms with Crippen molar-refractivity contribution < 1.29 is 9.53 Å². The highest BCUT2D eigenvalue weighted by Gasteiger charge is 2.21. The minimum absolute atomic E-state index is 0.122. The molecule has 0 bridgehead atoms. The van der Waals surface area contributed by atoms with E-state index in [1.54, 1.807) is 42.5 Å². The standard InChI is InChI=1S/C21H18BrCl3N4O2S/c1-3-8-29-20(12(2)31-18-10-14(23)5-6-15(18)24)27-28-21(29)32-11-19(30)26-17-7-4-13(22)9-16(17)25/h3-7,9-10,12H,1,8,11H2,2H3,(H,26,30). The molecule has 11 heteroatoms. The van der Waals surface area contributed by atoms with Crippen molar-refractivity contribution >= 4 is 74.1 Å². The molecule has 2 aromatic carbocycles. The minimum Gasteiger partial charge on any atom is -0.481 e. The van der Waals surface area contributed by atoms with Crippen molar-refractivity contribution in [3.63, 3.8) is 0 Å². The molecule has 0 radical (unpaired) electrons. The van der Waals surface area contributed by atoms with Crippen LogP contribution in [0, 0.1) is 0 Å². The molecule has 3 aromatic rings. The second-order valence-electron chi connectivity index (χ2n) is 6.54. The van der Waals surface area contributed by atoms with Crippen LogP contribution in [-0.4, -0.2) is 26.4 Å². The summed E-state index contributed by atoms with van der Waals surface area (Å²) in [4.78, 5) is 12.4. The van der Waals surface area contributed by atoms with Gasteiger partial charge in [-0.05, 0) is 37.3 Å². The van der Waals surface area contributed by atoms with Gasteiger partial charge in [0, 0.05) is 22.1 Å². The van der Waals surface area contributed by atoms with Crippen LogP contribution in [0.1, 0.15) is 18.9 Å². The summed E-state index contributed by atoms with van der Waals surface area (Å²) in [5.41, 5.74) is 0.536. The molecule has 0 fully saturated rings. The van der Waals surface area contributed by atoms with Crippen molar-refractivity contribution in [2.75, 3.05) is 11.1 Å². The lowest BCUT2D eigenvalue weighted by atomic mass is 10.3. The number of benzene rings is 2. The van der Waals surface area contributed by atoms with Crippen LogP contribution in [0.4, 0.5) is 5.69 Å². The van der Waals surface area contributed by atoms with E-state index in [1.807, 2.05) is 11.5 Å².